The van der Waals surface area contributed by atoms with Crippen LogP contribution in [-0.2, 0) is 11.2 Å². The smallest absolute Gasteiger partial charge is 0.191 e. The van der Waals surface area contributed by atoms with Crippen LogP contribution in [0.1, 0.15) is 30.9 Å². The average molecular weight is 365 g/mol. The number of ether oxygens (including phenoxy) is 1. The molecular weight excluding hydrogens is 331 g/mol. The molecule has 0 unspecified atom stereocenters. The van der Waals surface area contributed by atoms with Crippen LogP contribution in [0, 0.1) is 12.7 Å². The van der Waals surface area contributed by atoms with Crippen molar-refractivity contribution in [3.63, 3.8) is 0 Å². The summed E-state index contributed by atoms with van der Waals surface area (Å²) in [7, 11) is 4.25. The Morgan fingerprint density at radius 2 is 2.00 bits per heavy atom. The van der Waals surface area contributed by atoms with E-state index in [0.717, 1.165) is 69.2 Å². The highest BCUT2D eigenvalue weighted by Crippen LogP contribution is 2.26. The zero-order valence-corrected chi connectivity index (χ0v) is 16.6. The number of rotatable bonds is 7. The number of likely N-dealkylation sites (N-methyl/N-ethyl adjacent to an activating group) is 1. The standard InChI is InChI=1S/C20H33FN4O/c1-5-22-19(23-11-8-17-6-7-18(21)14-16(17)2)24-15-20(25(3)4)9-12-26-13-10-20/h6-7,14H,5,8-13,15H2,1-4H3,(H2,22,23,24). The largest absolute Gasteiger partial charge is 0.381 e. The topological polar surface area (TPSA) is 48.9 Å². The zero-order chi connectivity index (χ0) is 19.0. The van der Waals surface area contributed by atoms with Gasteiger partial charge in [-0.25, -0.2) is 4.39 Å². The Morgan fingerprint density at radius 3 is 2.62 bits per heavy atom. The Bertz CT molecular complexity index is 597. The highest BCUT2D eigenvalue weighted by Gasteiger charge is 2.34. The van der Waals surface area contributed by atoms with Crippen LogP contribution in [0.3, 0.4) is 0 Å². The normalized spacial score (nSPS) is 17.4. The van der Waals surface area contributed by atoms with Crippen LogP contribution in [0.2, 0.25) is 0 Å². The second-order valence-corrected chi connectivity index (χ2v) is 7.17. The number of nitrogens with zero attached hydrogens (tertiary/aromatic N) is 2. The number of hydrogen-bond donors (Lipinski definition) is 2. The molecule has 2 N–H and O–H groups in total. The van der Waals surface area contributed by atoms with E-state index in [9.17, 15) is 4.39 Å². The fraction of sp³-hybridized carbons (Fsp3) is 0.650. The first-order valence-corrected chi connectivity index (χ1v) is 9.49. The van der Waals surface area contributed by atoms with Gasteiger partial charge in [-0.1, -0.05) is 6.07 Å². The van der Waals surface area contributed by atoms with Gasteiger partial charge in [0.15, 0.2) is 5.96 Å². The highest BCUT2D eigenvalue weighted by molar-refractivity contribution is 5.79. The van der Waals surface area contributed by atoms with Gasteiger partial charge in [-0.2, -0.15) is 0 Å². The molecule has 1 aromatic carbocycles. The molecule has 0 spiro atoms. The lowest BCUT2D eigenvalue weighted by atomic mass is 9.89. The predicted molar refractivity (Wildman–Crippen MR) is 105 cm³/mol. The van der Waals surface area contributed by atoms with Crippen molar-refractivity contribution in [1.82, 2.24) is 15.5 Å². The molecule has 6 heteroatoms. The van der Waals surface area contributed by atoms with Gasteiger partial charge >= 0.3 is 0 Å². The van der Waals surface area contributed by atoms with Gasteiger partial charge in [-0.15, -0.1) is 0 Å². The molecule has 1 aliphatic heterocycles. The first-order chi connectivity index (χ1) is 12.5. The van der Waals surface area contributed by atoms with Crippen LogP contribution in [-0.4, -0.2) is 63.3 Å². The first kappa shape index (κ1) is 20.6. The summed E-state index contributed by atoms with van der Waals surface area (Å²) in [5.74, 6) is 0.652. The second kappa shape index (κ2) is 9.88. The maximum Gasteiger partial charge on any atom is 0.191 e. The lowest BCUT2D eigenvalue weighted by Crippen LogP contribution is -2.51. The minimum Gasteiger partial charge on any atom is -0.381 e. The summed E-state index contributed by atoms with van der Waals surface area (Å²) in [6.07, 6.45) is 2.83. The number of aliphatic imine (C=N–C) groups is 1. The van der Waals surface area contributed by atoms with Crippen molar-refractivity contribution in [2.24, 2.45) is 4.99 Å². The van der Waals surface area contributed by atoms with Crippen molar-refractivity contribution in [2.75, 3.05) is 46.9 Å². The maximum absolute atomic E-state index is 13.2. The number of aryl methyl sites for hydroxylation is 1. The van der Waals surface area contributed by atoms with Gasteiger partial charge in [0.1, 0.15) is 5.82 Å². The summed E-state index contributed by atoms with van der Waals surface area (Å²) in [5, 5.41) is 6.72. The van der Waals surface area contributed by atoms with Crippen molar-refractivity contribution in [3.8, 4) is 0 Å². The quantitative estimate of drug-likeness (QED) is 0.576. The van der Waals surface area contributed by atoms with Gasteiger partial charge in [0.05, 0.1) is 6.54 Å². The third-order valence-electron chi connectivity index (χ3n) is 5.24. The van der Waals surface area contributed by atoms with Crippen molar-refractivity contribution in [3.05, 3.63) is 35.1 Å². The van der Waals surface area contributed by atoms with Crippen LogP contribution in [0.25, 0.3) is 0 Å². The minimum absolute atomic E-state index is 0.0636. The molecular formula is C20H33FN4O. The lowest BCUT2D eigenvalue weighted by Gasteiger charge is -2.41. The summed E-state index contributed by atoms with van der Waals surface area (Å²) in [6, 6.07) is 4.97. The predicted octanol–water partition coefficient (Wildman–Crippen LogP) is 2.34. The molecule has 0 atom stereocenters. The Balaban J connectivity index is 1.95. The number of nitrogens with one attached hydrogen (secondary N) is 2. The molecule has 5 nitrogen and oxygen atoms in total. The fourth-order valence-electron chi connectivity index (χ4n) is 3.32. The van der Waals surface area contributed by atoms with E-state index < -0.39 is 0 Å². The van der Waals surface area contributed by atoms with Crippen LogP contribution in [0.15, 0.2) is 23.2 Å². The molecule has 1 aromatic rings. The summed E-state index contributed by atoms with van der Waals surface area (Å²) < 4.78 is 18.7. The number of guanidine groups is 1. The first-order valence-electron chi connectivity index (χ1n) is 9.49. The number of benzene rings is 1. The van der Waals surface area contributed by atoms with Gasteiger partial charge in [0.2, 0.25) is 0 Å². The summed E-state index contributed by atoms with van der Waals surface area (Å²) in [5.41, 5.74) is 2.21. The monoisotopic (exact) mass is 364 g/mol. The van der Waals surface area contributed by atoms with Crippen molar-refractivity contribution >= 4 is 5.96 Å². The Hall–Kier alpha value is -1.66. The van der Waals surface area contributed by atoms with E-state index in [1.165, 1.54) is 6.07 Å². The van der Waals surface area contributed by atoms with E-state index in [-0.39, 0.29) is 11.4 Å². The van der Waals surface area contributed by atoms with Gasteiger partial charge < -0.3 is 20.3 Å². The zero-order valence-electron chi connectivity index (χ0n) is 16.6. The molecule has 0 aromatic heterocycles. The van der Waals surface area contributed by atoms with E-state index >= 15 is 0 Å². The Morgan fingerprint density at radius 1 is 1.27 bits per heavy atom. The number of hydrogen-bond acceptors (Lipinski definition) is 3. The van der Waals surface area contributed by atoms with Crippen molar-refractivity contribution < 1.29 is 9.13 Å². The van der Waals surface area contributed by atoms with Crippen molar-refractivity contribution in [2.45, 2.75) is 38.6 Å². The van der Waals surface area contributed by atoms with Gasteiger partial charge in [-0.05, 0) is 70.5 Å². The SMILES string of the molecule is CCNC(=NCC1(N(C)C)CCOCC1)NCCc1ccc(F)cc1C. The van der Waals surface area contributed by atoms with E-state index in [0.29, 0.717) is 0 Å². The molecule has 146 valence electrons. The third-order valence-corrected chi connectivity index (χ3v) is 5.24. The Kier molecular flexibility index (Phi) is 7.85. The molecule has 0 aliphatic carbocycles. The highest BCUT2D eigenvalue weighted by atomic mass is 19.1. The molecule has 1 aliphatic rings. The average Bonchev–Trinajstić information content (AvgIpc) is 2.62. The molecule has 0 bridgehead atoms. The molecule has 1 fully saturated rings. The Labute approximate surface area is 157 Å². The second-order valence-electron chi connectivity index (χ2n) is 7.17. The van der Waals surface area contributed by atoms with Crippen molar-refractivity contribution in [1.29, 1.82) is 0 Å². The van der Waals surface area contributed by atoms with E-state index in [2.05, 4.69) is 36.6 Å². The molecule has 26 heavy (non-hydrogen) atoms. The third kappa shape index (κ3) is 5.68. The van der Waals surface area contributed by atoms with Crippen LogP contribution in [0.5, 0.6) is 0 Å². The van der Waals surface area contributed by atoms with Gasteiger partial charge in [0.25, 0.3) is 0 Å². The van der Waals surface area contributed by atoms with Gasteiger partial charge in [0, 0.05) is 31.8 Å². The summed E-state index contributed by atoms with van der Waals surface area (Å²) >= 11 is 0. The molecule has 1 heterocycles. The van der Waals surface area contributed by atoms with E-state index in [4.69, 9.17) is 9.73 Å². The van der Waals surface area contributed by atoms with Crippen LogP contribution in [0.4, 0.5) is 4.39 Å². The summed E-state index contributed by atoms with van der Waals surface area (Å²) in [4.78, 5) is 7.12. The molecule has 1 saturated heterocycles. The number of halogens is 1. The maximum atomic E-state index is 13.2. The van der Waals surface area contributed by atoms with Crippen LogP contribution < -0.4 is 10.6 Å². The lowest BCUT2D eigenvalue weighted by molar-refractivity contribution is -0.00254. The summed E-state index contributed by atoms with van der Waals surface area (Å²) in [6.45, 7) is 7.92. The van der Waals surface area contributed by atoms with Gasteiger partial charge in [-0.3, -0.25) is 4.99 Å². The van der Waals surface area contributed by atoms with E-state index in [1.807, 2.05) is 13.0 Å². The molecule has 0 saturated carbocycles. The fourth-order valence-corrected chi connectivity index (χ4v) is 3.32. The molecule has 0 radical (unpaired) electrons. The van der Waals surface area contributed by atoms with E-state index in [1.54, 1.807) is 6.07 Å². The minimum atomic E-state index is -0.181. The molecule has 0 amide bonds. The molecule has 2 rings (SSSR count). The van der Waals surface area contributed by atoms with Crippen LogP contribution >= 0.6 is 0 Å².